The highest BCUT2D eigenvalue weighted by Gasteiger charge is 2.39. The third-order valence-electron chi connectivity index (χ3n) is 4.07. The Morgan fingerprint density at radius 3 is 1.73 bits per heavy atom. The van der Waals surface area contributed by atoms with Crippen LogP contribution in [0.3, 0.4) is 0 Å². The van der Waals surface area contributed by atoms with E-state index in [4.69, 9.17) is 0 Å². The van der Waals surface area contributed by atoms with Crippen molar-refractivity contribution in [3.63, 3.8) is 0 Å². The van der Waals surface area contributed by atoms with Crippen LogP contribution in [-0.4, -0.2) is 22.1 Å². The summed E-state index contributed by atoms with van der Waals surface area (Å²) in [6.07, 6.45) is 0.578. The topological polar surface area (TPSA) is 23.5 Å². The number of benzene rings is 2. The van der Waals surface area contributed by atoms with E-state index in [0.29, 0.717) is 6.42 Å². The monoisotopic (exact) mass is 297 g/mol. The van der Waals surface area contributed by atoms with Gasteiger partial charge in [0.15, 0.2) is 0 Å². The van der Waals surface area contributed by atoms with Crippen molar-refractivity contribution in [2.75, 3.05) is 0 Å². The second kappa shape index (κ2) is 7.08. The molecule has 0 aliphatic heterocycles. The molecule has 2 aromatic carbocycles. The Bertz CT molecular complexity index is 557. The number of nitrogens with zero attached hydrogens (tertiary/aromatic N) is 1. The molecule has 1 unspecified atom stereocenters. The van der Waals surface area contributed by atoms with Gasteiger partial charge in [0, 0.05) is 18.5 Å². The highest BCUT2D eigenvalue weighted by atomic mass is 16.3. The molecule has 0 amide bonds. The molecule has 1 N–H and O–H groups in total. The number of rotatable bonds is 6. The van der Waals surface area contributed by atoms with E-state index in [0.717, 1.165) is 11.1 Å². The predicted molar refractivity (Wildman–Crippen MR) is 92.6 cm³/mol. The fourth-order valence-electron chi connectivity index (χ4n) is 3.38. The van der Waals surface area contributed by atoms with Gasteiger partial charge in [0.2, 0.25) is 0 Å². The Morgan fingerprint density at radius 1 is 0.818 bits per heavy atom. The third-order valence-corrected chi connectivity index (χ3v) is 4.07. The first-order valence-electron chi connectivity index (χ1n) is 8.05. The van der Waals surface area contributed by atoms with Gasteiger partial charge in [-0.3, -0.25) is 4.90 Å². The molecule has 0 bridgehead atoms. The summed E-state index contributed by atoms with van der Waals surface area (Å²) < 4.78 is 0. The lowest BCUT2D eigenvalue weighted by Gasteiger charge is -2.45. The van der Waals surface area contributed by atoms with Crippen molar-refractivity contribution < 1.29 is 5.11 Å². The van der Waals surface area contributed by atoms with E-state index < -0.39 is 5.72 Å². The summed E-state index contributed by atoms with van der Waals surface area (Å²) in [6, 6.07) is 20.7. The first-order chi connectivity index (χ1) is 10.4. The Labute approximate surface area is 134 Å². The van der Waals surface area contributed by atoms with Crippen molar-refractivity contribution in [1.29, 1.82) is 0 Å². The fraction of sp³-hybridized carbons (Fsp3) is 0.400. The fourth-order valence-corrected chi connectivity index (χ4v) is 3.38. The molecule has 2 rings (SSSR count). The third kappa shape index (κ3) is 3.57. The van der Waals surface area contributed by atoms with E-state index in [1.807, 2.05) is 48.5 Å². The molecular weight excluding hydrogens is 270 g/mol. The van der Waals surface area contributed by atoms with E-state index in [1.165, 1.54) is 0 Å². The van der Waals surface area contributed by atoms with Gasteiger partial charge in [-0.05, 0) is 38.8 Å². The second-order valence-electron chi connectivity index (χ2n) is 6.44. The first-order valence-corrected chi connectivity index (χ1v) is 8.05. The van der Waals surface area contributed by atoms with E-state index >= 15 is 0 Å². The molecule has 0 aliphatic rings. The molecule has 0 spiro atoms. The lowest BCUT2D eigenvalue weighted by atomic mass is 9.91. The molecule has 0 saturated heterocycles. The van der Waals surface area contributed by atoms with Crippen LogP contribution in [-0.2, 0) is 12.1 Å². The predicted octanol–water partition coefficient (Wildman–Crippen LogP) is 4.19. The van der Waals surface area contributed by atoms with Gasteiger partial charge in [-0.2, -0.15) is 0 Å². The second-order valence-corrected chi connectivity index (χ2v) is 6.44. The van der Waals surface area contributed by atoms with E-state index in [2.05, 4.69) is 44.7 Å². The van der Waals surface area contributed by atoms with E-state index in [-0.39, 0.29) is 12.1 Å². The average Bonchev–Trinajstić information content (AvgIpc) is 2.48. The highest BCUT2D eigenvalue weighted by Crippen LogP contribution is 2.33. The van der Waals surface area contributed by atoms with Gasteiger partial charge in [0.25, 0.3) is 0 Å². The molecule has 0 fully saturated rings. The van der Waals surface area contributed by atoms with Gasteiger partial charge < -0.3 is 5.11 Å². The zero-order valence-electron chi connectivity index (χ0n) is 14.0. The lowest BCUT2D eigenvalue weighted by molar-refractivity contribution is -0.146. The Balaban J connectivity index is 2.48. The zero-order chi connectivity index (χ0) is 16.2. The minimum absolute atomic E-state index is 0.244. The molecule has 0 radical (unpaired) electrons. The molecule has 2 aromatic rings. The number of aliphatic hydroxyl groups is 1. The van der Waals surface area contributed by atoms with Crippen LogP contribution in [0.4, 0.5) is 0 Å². The van der Waals surface area contributed by atoms with E-state index in [1.54, 1.807) is 0 Å². The normalized spacial score (nSPS) is 14.5. The maximum absolute atomic E-state index is 11.7. The van der Waals surface area contributed by atoms with Crippen LogP contribution in [0.2, 0.25) is 0 Å². The maximum atomic E-state index is 11.7. The van der Waals surface area contributed by atoms with Crippen molar-refractivity contribution >= 4 is 0 Å². The quantitative estimate of drug-likeness (QED) is 0.808. The van der Waals surface area contributed by atoms with Gasteiger partial charge in [0.1, 0.15) is 5.72 Å². The molecule has 1 atom stereocenters. The van der Waals surface area contributed by atoms with Gasteiger partial charge in [-0.15, -0.1) is 0 Å². The molecular formula is C20H27NO. The SMILES string of the molecule is CC(C)N(C(C)C)C(O)(Cc1ccccc1)c1ccccc1. The summed E-state index contributed by atoms with van der Waals surface area (Å²) in [5.41, 5.74) is 1.08. The molecule has 22 heavy (non-hydrogen) atoms. The van der Waals surface area contributed by atoms with Crippen molar-refractivity contribution in [3.05, 3.63) is 71.8 Å². The smallest absolute Gasteiger partial charge is 0.149 e. The summed E-state index contributed by atoms with van der Waals surface area (Å²) in [4.78, 5) is 2.19. The van der Waals surface area contributed by atoms with Gasteiger partial charge in [-0.1, -0.05) is 60.7 Å². The molecule has 118 valence electrons. The van der Waals surface area contributed by atoms with Crippen molar-refractivity contribution in [1.82, 2.24) is 4.90 Å². The minimum Gasteiger partial charge on any atom is -0.371 e. The molecule has 2 heteroatoms. The van der Waals surface area contributed by atoms with Crippen LogP contribution in [0.5, 0.6) is 0 Å². The summed E-state index contributed by atoms with van der Waals surface area (Å²) in [7, 11) is 0. The summed E-state index contributed by atoms with van der Waals surface area (Å²) in [5.74, 6) is 0. The van der Waals surface area contributed by atoms with Crippen LogP contribution in [0.1, 0.15) is 38.8 Å². The van der Waals surface area contributed by atoms with Crippen LogP contribution >= 0.6 is 0 Å². The van der Waals surface area contributed by atoms with Crippen LogP contribution in [0, 0.1) is 0 Å². The molecule has 0 aromatic heterocycles. The molecule has 0 heterocycles. The largest absolute Gasteiger partial charge is 0.371 e. The van der Waals surface area contributed by atoms with Crippen LogP contribution in [0.15, 0.2) is 60.7 Å². The lowest BCUT2D eigenvalue weighted by Crippen LogP contribution is -2.54. The van der Waals surface area contributed by atoms with Crippen molar-refractivity contribution in [2.24, 2.45) is 0 Å². The van der Waals surface area contributed by atoms with Gasteiger partial charge in [0.05, 0.1) is 0 Å². The Morgan fingerprint density at radius 2 is 1.27 bits per heavy atom. The molecule has 0 saturated carbocycles. The minimum atomic E-state index is -1.01. The maximum Gasteiger partial charge on any atom is 0.149 e. The van der Waals surface area contributed by atoms with Crippen LogP contribution < -0.4 is 0 Å². The van der Waals surface area contributed by atoms with Crippen LogP contribution in [0.25, 0.3) is 0 Å². The Kier molecular flexibility index (Phi) is 5.38. The van der Waals surface area contributed by atoms with Gasteiger partial charge in [-0.25, -0.2) is 0 Å². The molecule has 0 aliphatic carbocycles. The molecule has 2 nitrogen and oxygen atoms in total. The number of hydrogen-bond donors (Lipinski definition) is 1. The number of hydrogen-bond acceptors (Lipinski definition) is 2. The van der Waals surface area contributed by atoms with E-state index in [9.17, 15) is 5.11 Å². The summed E-state index contributed by atoms with van der Waals surface area (Å²) >= 11 is 0. The van der Waals surface area contributed by atoms with Crippen molar-refractivity contribution in [3.8, 4) is 0 Å². The van der Waals surface area contributed by atoms with Crippen molar-refractivity contribution in [2.45, 2.75) is 51.9 Å². The Hall–Kier alpha value is -1.64. The summed E-state index contributed by atoms with van der Waals surface area (Å²) in [6.45, 7) is 8.55. The average molecular weight is 297 g/mol. The van der Waals surface area contributed by atoms with Gasteiger partial charge >= 0.3 is 0 Å². The standard InChI is InChI=1S/C20H27NO/c1-16(2)21(17(3)4)20(22,19-13-9-6-10-14-19)15-18-11-7-5-8-12-18/h5-14,16-17,22H,15H2,1-4H3. The first kappa shape index (κ1) is 16.7. The highest BCUT2D eigenvalue weighted by molar-refractivity contribution is 5.27. The summed E-state index contributed by atoms with van der Waals surface area (Å²) in [5, 5.41) is 11.7. The zero-order valence-corrected chi connectivity index (χ0v) is 14.0.